The van der Waals surface area contributed by atoms with Gasteiger partial charge in [-0.3, -0.25) is 0 Å². The van der Waals surface area contributed by atoms with Gasteiger partial charge in [-0.1, -0.05) is 0 Å². The molecule has 1 aromatic heterocycles. The number of nitrogens with two attached hydrogens (primary N) is 1. The summed E-state index contributed by atoms with van der Waals surface area (Å²) in [6.45, 7) is 1.89. The Balaban J connectivity index is 2.52. The molecule has 0 aliphatic rings. The van der Waals surface area contributed by atoms with Crippen LogP contribution in [0.3, 0.4) is 0 Å². The Morgan fingerprint density at radius 2 is 2.12 bits per heavy atom. The number of pyridine rings is 1. The van der Waals surface area contributed by atoms with Gasteiger partial charge >= 0.3 is 6.18 Å². The van der Waals surface area contributed by atoms with Crippen molar-refractivity contribution in [2.45, 2.75) is 30.6 Å². The van der Waals surface area contributed by atoms with Crippen LogP contribution in [0.2, 0.25) is 0 Å². The lowest BCUT2D eigenvalue weighted by molar-refractivity contribution is -0.137. The second kappa shape index (κ2) is 5.54. The van der Waals surface area contributed by atoms with Gasteiger partial charge in [0.2, 0.25) is 0 Å². The molecular weight excluding hydrogens is 237 g/mol. The predicted molar refractivity (Wildman–Crippen MR) is 58.2 cm³/mol. The number of halogens is 3. The summed E-state index contributed by atoms with van der Waals surface area (Å²) in [6, 6.07) is 2.53. The van der Waals surface area contributed by atoms with Gasteiger partial charge in [-0.05, 0) is 25.5 Å². The minimum atomic E-state index is -4.32. The van der Waals surface area contributed by atoms with E-state index < -0.39 is 11.7 Å². The zero-order valence-corrected chi connectivity index (χ0v) is 9.61. The molecule has 0 radical (unpaired) electrons. The standard InChI is InChI=1S/C10H13F3N2S/c1-7(14)4-5-16-9-3-2-8(6-15-9)10(11,12)13/h2-3,6-7H,4-5,14H2,1H3. The van der Waals surface area contributed by atoms with Crippen molar-refractivity contribution in [2.75, 3.05) is 5.75 Å². The maximum Gasteiger partial charge on any atom is 0.417 e. The molecule has 0 aliphatic heterocycles. The van der Waals surface area contributed by atoms with Gasteiger partial charge in [0.15, 0.2) is 0 Å². The van der Waals surface area contributed by atoms with Crippen LogP contribution in [0.1, 0.15) is 18.9 Å². The monoisotopic (exact) mass is 250 g/mol. The number of thioether (sulfide) groups is 1. The summed E-state index contributed by atoms with van der Waals surface area (Å²) in [7, 11) is 0. The zero-order valence-electron chi connectivity index (χ0n) is 8.79. The van der Waals surface area contributed by atoms with E-state index in [1.165, 1.54) is 17.8 Å². The topological polar surface area (TPSA) is 38.9 Å². The summed E-state index contributed by atoms with van der Waals surface area (Å²) in [5.41, 5.74) is 4.84. The minimum absolute atomic E-state index is 0.0990. The van der Waals surface area contributed by atoms with Crippen LogP contribution in [-0.2, 0) is 6.18 Å². The number of nitrogens with zero attached hydrogens (tertiary/aromatic N) is 1. The van der Waals surface area contributed by atoms with E-state index in [2.05, 4.69) is 4.98 Å². The third-order valence-corrected chi connectivity index (χ3v) is 2.86. The van der Waals surface area contributed by atoms with E-state index in [4.69, 9.17) is 5.73 Å². The molecule has 0 aromatic carbocycles. The molecule has 0 saturated carbocycles. The molecule has 1 rings (SSSR count). The highest BCUT2D eigenvalue weighted by molar-refractivity contribution is 7.99. The molecule has 0 amide bonds. The number of hydrogen-bond acceptors (Lipinski definition) is 3. The third kappa shape index (κ3) is 4.40. The third-order valence-electron chi connectivity index (χ3n) is 1.89. The van der Waals surface area contributed by atoms with Gasteiger partial charge in [0.05, 0.1) is 10.6 Å². The SMILES string of the molecule is CC(N)CCSc1ccc(C(F)(F)F)cn1. The van der Waals surface area contributed by atoms with Crippen molar-refractivity contribution in [3.05, 3.63) is 23.9 Å². The van der Waals surface area contributed by atoms with E-state index in [1.807, 2.05) is 6.92 Å². The van der Waals surface area contributed by atoms with Crippen molar-refractivity contribution in [2.24, 2.45) is 5.73 Å². The summed E-state index contributed by atoms with van der Waals surface area (Å²) in [5, 5.41) is 0.591. The fourth-order valence-electron chi connectivity index (χ4n) is 0.983. The van der Waals surface area contributed by atoms with E-state index in [1.54, 1.807) is 0 Å². The molecule has 16 heavy (non-hydrogen) atoms. The molecule has 0 fully saturated rings. The predicted octanol–water partition coefficient (Wildman–Crippen LogP) is 2.93. The molecule has 2 nitrogen and oxygen atoms in total. The molecule has 6 heteroatoms. The molecule has 90 valence electrons. The van der Waals surface area contributed by atoms with Crippen LogP contribution < -0.4 is 5.73 Å². The first-order valence-electron chi connectivity index (χ1n) is 4.81. The Morgan fingerprint density at radius 3 is 2.56 bits per heavy atom. The normalized spacial score (nSPS) is 13.8. The van der Waals surface area contributed by atoms with Crippen molar-refractivity contribution in [1.29, 1.82) is 0 Å². The Bertz CT molecular complexity index is 322. The average molecular weight is 250 g/mol. The lowest BCUT2D eigenvalue weighted by Crippen LogP contribution is -2.15. The molecule has 0 saturated heterocycles. The van der Waals surface area contributed by atoms with Gasteiger partial charge in [-0.2, -0.15) is 13.2 Å². The second-order valence-electron chi connectivity index (χ2n) is 3.50. The molecule has 1 heterocycles. The van der Waals surface area contributed by atoms with Crippen molar-refractivity contribution >= 4 is 11.8 Å². The van der Waals surface area contributed by atoms with Gasteiger partial charge in [-0.25, -0.2) is 4.98 Å². The number of aromatic nitrogens is 1. The van der Waals surface area contributed by atoms with Crippen LogP contribution in [0, 0.1) is 0 Å². The van der Waals surface area contributed by atoms with Crippen molar-refractivity contribution in [1.82, 2.24) is 4.98 Å². The molecule has 0 spiro atoms. The quantitative estimate of drug-likeness (QED) is 0.835. The van der Waals surface area contributed by atoms with Crippen molar-refractivity contribution in [3.8, 4) is 0 Å². The largest absolute Gasteiger partial charge is 0.417 e. The Morgan fingerprint density at radius 1 is 1.44 bits per heavy atom. The van der Waals surface area contributed by atoms with Crippen LogP contribution in [0.25, 0.3) is 0 Å². The summed E-state index contributed by atoms with van der Waals surface area (Å²) in [6.07, 6.45) is -2.65. The average Bonchev–Trinajstić information content (AvgIpc) is 2.16. The lowest BCUT2D eigenvalue weighted by Gasteiger charge is -2.07. The van der Waals surface area contributed by atoms with Crippen molar-refractivity contribution < 1.29 is 13.2 Å². The minimum Gasteiger partial charge on any atom is -0.328 e. The maximum atomic E-state index is 12.2. The molecule has 2 N–H and O–H groups in total. The lowest BCUT2D eigenvalue weighted by atomic mass is 10.3. The van der Waals surface area contributed by atoms with Gasteiger partial charge in [-0.15, -0.1) is 11.8 Å². The van der Waals surface area contributed by atoms with Gasteiger partial charge in [0.1, 0.15) is 0 Å². The van der Waals surface area contributed by atoms with Crippen LogP contribution in [0.15, 0.2) is 23.4 Å². The molecule has 0 aliphatic carbocycles. The summed E-state index contributed by atoms with van der Waals surface area (Å²) in [4.78, 5) is 3.74. The Labute approximate surface area is 96.4 Å². The van der Waals surface area contributed by atoms with E-state index in [0.717, 1.165) is 24.4 Å². The van der Waals surface area contributed by atoms with Gasteiger partial charge in [0, 0.05) is 18.0 Å². The molecule has 0 bridgehead atoms. The van der Waals surface area contributed by atoms with Crippen LogP contribution in [0.5, 0.6) is 0 Å². The highest BCUT2D eigenvalue weighted by atomic mass is 32.2. The fraction of sp³-hybridized carbons (Fsp3) is 0.500. The Hall–Kier alpha value is -0.750. The number of hydrogen-bond donors (Lipinski definition) is 1. The number of rotatable bonds is 4. The molecule has 1 aromatic rings. The highest BCUT2D eigenvalue weighted by Gasteiger charge is 2.30. The van der Waals surface area contributed by atoms with Gasteiger partial charge in [0.25, 0.3) is 0 Å². The second-order valence-corrected chi connectivity index (χ2v) is 4.61. The van der Waals surface area contributed by atoms with Crippen LogP contribution >= 0.6 is 11.8 Å². The van der Waals surface area contributed by atoms with E-state index in [0.29, 0.717) is 5.03 Å². The summed E-state index contributed by atoms with van der Waals surface area (Å²) in [5.74, 6) is 0.760. The van der Waals surface area contributed by atoms with Crippen LogP contribution in [0.4, 0.5) is 13.2 Å². The van der Waals surface area contributed by atoms with Crippen LogP contribution in [-0.4, -0.2) is 16.8 Å². The fourth-order valence-corrected chi connectivity index (χ4v) is 1.97. The number of alkyl halides is 3. The summed E-state index contributed by atoms with van der Waals surface area (Å²) >= 11 is 1.41. The first-order valence-corrected chi connectivity index (χ1v) is 5.80. The zero-order chi connectivity index (χ0) is 12.2. The Kier molecular flexibility index (Phi) is 4.61. The van der Waals surface area contributed by atoms with E-state index in [-0.39, 0.29) is 6.04 Å². The molecule has 1 unspecified atom stereocenters. The summed E-state index contributed by atoms with van der Waals surface area (Å²) < 4.78 is 36.6. The van der Waals surface area contributed by atoms with E-state index in [9.17, 15) is 13.2 Å². The van der Waals surface area contributed by atoms with Crippen molar-refractivity contribution in [3.63, 3.8) is 0 Å². The molecular formula is C10H13F3N2S. The van der Waals surface area contributed by atoms with E-state index >= 15 is 0 Å². The molecule has 1 atom stereocenters. The maximum absolute atomic E-state index is 12.2. The smallest absolute Gasteiger partial charge is 0.328 e. The van der Waals surface area contributed by atoms with Gasteiger partial charge < -0.3 is 5.73 Å². The first kappa shape index (κ1) is 13.3. The first-order chi connectivity index (χ1) is 7.39. The highest BCUT2D eigenvalue weighted by Crippen LogP contribution is 2.29.